The third-order valence-electron chi connectivity index (χ3n) is 5.36. The Morgan fingerprint density at radius 3 is 2.48 bits per heavy atom. The fourth-order valence-corrected chi connectivity index (χ4v) is 3.95. The molecule has 4 heterocycles. The van der Waals surface area contributed by atoms with Crippen LogP contribution in [0.4, 0.5) is 10.2 Å². The summed E-state index contributed by atoms with van der Waals surface area (Å²) in [6, 6.07) is 10.1. The van der Waals surface area contributed by atoms with Crippen molar-refractivity contribution in [2.24, 2.45) is 0 Å². The summed E-state index contributed by atoms with van der Waals surface area (Å²) in [5.74, 6) is 0.0402. The Morgan fingerprint density at radius 2 is 1.76 bits per heavy atom. The fourth-order valence-electron chi connectivity index (χ4n) is 3.95. The van der Waals surface area contributed by atoms with Gasteiger partial charge < -0.3 is 19.7 Å². The monoisotopic (exact) mass is 443 g/mol. The van der Waals surface area contributed by atoms with Crippen LogP contribution in [0, 0.1) is 15.9 Å². The van der Waals surface area contributed by atoms with Gasteiger partial charge in [0.1, 0.15) is 17.5 Å². The number of aromatic nitrogens is 6. The normalized spacial score (nSPS) is 11.2. The lowest BCUT2D eigenvalue weighted by atomic mass is 10.0. The van der Waals surface area contributed by atoms with Crippen molar-refractivity contribution in [2.75, 3.05) is 0 Å². The van der Waals surface area contributed by atoms with Gasteiger partial charge in [0.25, 0.3) is 0 Å². The number of hydrogen-bond donors (Lipinski definition) is 1. The van der Waals surface area contributed by atoms with Crippen LogP contribution in [-0.2, 0) is 13.0 Å². The smallest absolute Gasteiger partial charge is 0.358 e. The second kappa shape index (κ2) is 8.58. The van der Waals surface area contributed by atoms with E-state index in [2.05, 4.69) is 29.5 Å². The Morgan fingerprint density at radius 1 is 1.00 bits per heavy atom. The Kier molecular flexibility index (Phi) is 5.31. The van der Waals surface area contributed by atoms with E-state index in [9.17, 15) is 14.5 Å². The SMILES string of the molecule is O=[N+]([O-])c1c[nH]c(CCCn2c(-c3ccncc3)c(-c3ccc(F)cc3)c3nccnc32)n1. The lowest BCUT2D eigenvalue weighted by molar-refractivity contribution is -0.389. The summed E-state index contributed by atoms with van der Waals surface area (Å²) in [4.78, 5) is 30.5. The first-order valence-electron chi connectivity index (χ1n) is 10.3. The number of imidazole rings is 1. The van der Waals surface area contributed by atoms with Crippen LogP contribution >= 0.6 is 0 Å². The minimum atomic E-state index is -0.522. The number of benzene rings is 1. The first-order valence-corrected chi connectivity index (χ1v) is 10.3. The maximum atomic E-state index is 13.6. The zero-order valence-corrected chi connectivity index (χ0v) is 17.3. The largest absolute Gasteiger partial charge is 0.381 e. The molecule has 0 aliphatic carbocycles. The van der Waals surface area contributed by atoms with Crippen molar-refractivity contribution in [3.8, 4) is 22.4 Å². The van der Waals surface area contributed by atoms with Crippen LogP contribution in [0.1, 0.15) is 12.2 Å². The number of hydrogen-bond acceptors (Lipinski definition) is 6. The van der Waals surface area contributed by atoms with Crippen molar-refractivity contribution in [3.05, 3.63) is 89.1 Å². The summed E-state index contributed by atoms with van der Waals surface area (Å²) < 4.78 is 15.7. The Hall–Kier alpha value is -4.47. The number of nitro groups is 1. The third-order valence-corrected chi connectivity index (χ3v) is 5.36. The predicted octanol–water partition coefficient (Wildman–Crippen LogP) is 4.56. The van der Waals surface area contributed by atoms with Gasteiger partial charge in [-0.1, -0.05) is 12.1 Å². The van der Waals surface area contributed by atoms with Crippen molar-refractivity contribution in [3.63, 3.8) is 0 Å². The van der Waals surface area contributed by atoms with Crippen molar-refractivity contribution < 1.29 is 9.31 Å². The van der Waals surface area contributed by atoms with Crippen LogP contribution in [-0.4, -0.2) is 34.4 Å². The number of halogens is 1. The predicted molar refractivity (Wildman–Crippen MR) is 120 cm³/mol. The van der Waals surface area contributed by atoms with Crippen LogP contribution in [0.2, 0.25) is 0 Å². The first-order chi connectivity index (χ1) is 16.1. The number of nitrogens with one attached hydrogen (secondary N) is 1. The molecular formula is C23H18FN7O2. The molecule has 0 bridgehead atoms. The van der Waals surface area contributed by atoms with Crippen molar-refractivity contribution in [1.82, 2.24) is 29.5 Å². The summed E-state index contributed by atoms with van der Waals surface area (Å²) in [6.07, 6.45) is 9.18. The quantitative estimate of drug-likeness (QED) is 0.291. The Balaban J connectivity index is 1.59. The molecule has 0 radical (unpaired) electrons. The van der Waals surface area contributed by atoms with Crippen LogP contribution in [0.25, 0.3) is 33.5 Å². The number of pyridine rings is 1. The van der Waals surface area contributed by atoms with Gasteiger partial charge in [0, 0.05) is 48.9 Å². The standard InChI is InChI=1S/C23H18FN7O2/c24-17-5-3-15(4-6-17)20-21-23(27-12-11-26-21)30(22(20)16-7-9-25-10-8-16)13-1-2-18-28-14-19(29-18)31(32)33/h3-12,14H,1-2,13H2,(H,28,29). The molecular weight excluding hydrogens is 425 g/mol. The van der Waals surface area contributed by atoms with Crippen molar-refractivity contribution in [2.45, 2.75) is 19.4 Å². The highest BCUT2D eigenvalue weighted by atomic mass is 19.1. The fraction of sp³-hybridized carbons (Fsp3) is 0.130. The number of rotatable bonds is 7. The van der Waals surface area contributed by atoms with E-state index in [-0.39, 0.29) is 11.6 Å². The van der Waals surface area contributed by atoms with Crippen LogP contribution in [0.15, 0.2) is 67.4 Å². The highest BCUT2D eigenvalue weighted by Crippen LogP contribution is 2.39. The van der Waals surface area contributed by atoms with E-state index in [1.165, 1.54) is 18.3 Å². The van der Waals surface area contributed by atoms with E-state index < -0.39 is 4.92 Å². The third kappa shape index (κ3) is 3.93. The van der Waals surface area contributed by atoms with E-state index in [0.29, 0.717) is 36.4 Å². The lowest BCUT2D eigenvalue weighted by Gasteiger charge is -2.12. The number of H-pyrrole nitrogens is 1. The maximum Gasteiger partial charge on any atom is 0.381 e. The van der Waals surface area contributed by atoms with E-state index in [1.54, 1.807) is 36.9 Å². The zero-order valence-electron chi connectivity index (χ0n) is 17.3. The average Bonchev–Trinajstić information content (AvgIpc) is 3.44. The second-order valence-electron chi connectivity index (χ2n) is 7.41. The minimum Gasteiger partial charge on any atom is -0.358 e. The topological polar surface area (TPSA) is 115 Å². The molecule has 1 N–H and O–H groups in total. The highest BCUT2D eigenvalue weighted by Gasteiger charge is 2.22. The summed E-state index contributed by atoms with van der Waals surface area (Å²) in [5, 5.41) is 10.9. The number of nitrogens with zero attached hydrogens (tertiary/aromatic N) is 6. The van der Waals surface area contributed by atoms with Gasteiger partial charge in [-0.05, 0) is 46.2 Å². The van der Waals surface area contributed by atoms with Crippen LogP contribution in [0.5, 0.6) is 0 Å². The Labute approximate surface area is 187 Å². The molecule has 0 unspecified atom stereocenters. The van der Waals surface area contributed by atoms with Gasteiger partial charge in [-0.25, -0.2) is 9.37 Å². The molecule has 10 heteroatoms. The molecule has 0 amide bonds. The zero-order chi connectivity index (χ0) is 22.8. The summed E-state index contributed by atoms with van der Waals surface area (Å²) in [7, 11) is 0. The molecule has 0 aliphatic rings. The van der Waals surface area contributed by atoms with E-state index in [4.69, 9.17) is 0 Å². The van der Waals surface area contributed by atoms with Gasteiger partial charge in [0.15, 0.2) is 5.65 Å². The molecule has 0 fully saturated rings. The Bertz CT molecular complexity index is 1430. The van der Waals surface area contributed by atoms with Crippen molar-refractivity contribution >= 4 is 17.0 Å². The molecule has 5 rings (SSSR count). The van der Waals surface area contributed by atoms with Gasteiger partial charge in [-0.2, -0.15) is 0 Å². The molecule has 0 aliphatic heterocycles. The molecule has 4 aromatic heterocycles. The van der Waals surface area contributed by atoms with E-state index in [0.717, 1.165) is 22.4 Å². The lowest BCUT2D eigenvalue weighted by Crippen LogP contribution is -2.04. The highest BCUT2D eigenvalue weighted by molar-refractivity contribution is 6.00. The number of aryl methyl sites for hydroxylation is 2. The molecule has 1 aromatic carbocycles. The van der Waals surface area contributed by atoms with Gasteiger partial charge in [-0.15, -0.1) is 0 Å². The van der Waals surface area contributed by atoms with Crippen molar-refractivity contribution in [1.29, 1.82) is 0 Å². The maximum absolute atomic E-state index is 13.6. The van der Waals surface area contributed by atoms with Gasteiger partial charge in [0.05, 0.1) is 5.69 Å². The molecule has 9 nitrogen and oxygen atoms in total. The minimum absolute atomic E-state index is 0.196. The van der Waals surface area contributed by atoms with Gasteiger partial charge >= 0.3 is 5.82 Å². The van der Waals surface area contributed by atoms with Crippen LogP contribution < -0.4 is 0 Å². The summed E-state index contributed by atoms with van der Waals surface area (Å²) in [5.41, 5.74) is 4.93. The molecule has 164 valence electrons. The van der Waals surface area contributed by atoms with Gasteiger partial charge in [0.2, 0.25) is 5.82 Å². The number of fused-ring (bicyclic) bond motifs is 1. The molecule has 0 spiro atoms. The summed E-state index contributed by atoms with van der Waals surface area (Å²) >= 11 is 0. The molecule has 5 aromatic rings. The molecule has 0 saturated heterocycles. The average molecular weight is 443 g/mol. The van der Waals surface area contributed by atoms with Crippen LogP contribution in [0.3, 0.4) is 0 Å². The second-order valence-corrected chi connectivity index (χ2v) is 7.41. The molecule has 0 atom stereocenters. The molecule has 33 heavy (non-hydrogen) atoms. The first kappa shape index (κ1) is 20.4. The van der Waals surface area contributed by atoms with E-state index >= 15 is 0 Å². The van der Waals surface area contributed by atoms with E-state index in [1.807, 2.05) is 12.1 Å². The van der Waals surface area contributed by atoms with Gasteiger partial charge in [-0.3, -0.25) is 9.97 Å². The molecule has 0 saturated carbocycles. The number of aromatic amines is 1. The summed E-state index contributed by atoms with van der Waals surface area (Å²) in [6.45, 7) is 0.572.